The lowest BCUT2D eigenvalue weighted by Crippen LogP contribution is -2.01. The first-order valence-electron chi connectivity index (χ1n) is 4.95. The van der Waals surface area contributed by atoms with Gasteiger partial charge in [0.05, 0.1) is 5.69 Å². The van der Waals surface area contributed by atoms with Crippen molar-refractivity contribution >= 4 is 28.9 Å². The quantitative estimate of drug-likeness (QED) is 0.848. The summed E-state index contributed by atoms with van der Waals surface area (Å²) in [7, 11) is 0. The molecule has 1 aromatic heterocycles. The molecule has 0 aliphatic rings. The third kappa shape index (κ3) is 3.08. The van der Waals surface area contributed by atoms with E-state index in [-0.39, 0.29) is 5.82 Å². The van der Waals surface area contributed by atoms with Gasteiger partial charge in [0.15, 0.2) is 5.15 Å². The molecule has 2 rings (SSSR count). The molecule has 0 unspecified atom stereocenters. The highest BCUT2D eigenvalue weighted by Crippen LogP contribution is 2.21. The van der Waals surface area contributed by atoms with E-state index in [1.54, 1.807) is 18.3 Å². The fourth-order valence-corrected chi connectivity index (χ4v) is 1.79. The second-order valence-corrected chi connectivity index (χ2v) is 4.20. The average Bonchev–Trinajstić information content (AvgIpc) is 2.30. The lowest BCUT2D eigenvalue weighted by atomic mass is 10.2. The van der Waals surface area contributed by atoms with Crippen LogP contribution in [-0.4, -0.2) is 4.98 Å². The molecule has 2 nitrogen and oxygen atoms in total. The molecule has 1 N–H and O–H groups in total. The molecule has 2 aromatic rings. The minimum atomic E-state index is -0.349. The number of hydrogen-bond acceptors (Lipinski definition) is 2. The Kier molecular flexibility index (Phi) is 3.82. The van der Waals surface area contributed by atoms with Crippen molar-refractivity contribution in [2.45, 2.75) is 6.54 Å². The van der Waals surface area contributed by atoms with E-state index >= 15 is 0 Å². The lowest BCUT2D eigenvalue weighted by Gasteiger charge is -2.08. The van der Waals surface area contributed by atoms with Crippen molar-refractivity contribution in [2.24, 2.45) is 0 Å². The second kappa shape index (κ2) is 5.34. The van der Waals surface area contributed by atoms with Gasteiger partial charge in [0.1, 0.15) is 5.82 Å². The van der Waals surface area contributed by atoms with Crippen LogP contribution >= 0.6 is 23.2 Å². The minimum Gasteiger partial charge on any atom is -0.378 e. The summed E-state index contributed by atoms with van der Waals surface area (Å²) in [5, 5.41) is 3.87. The van der Waals surface area contributed by atoms with Crippen LogP contribution in [0.4, 0.5) is 10.1 Å². The van der Waals surface area contributed by atoms with Crippen molar-refractivity contribution in [1.29, 1.82) is 0 Å². The largest absolute Gasteiger partial charge is 0.378 e. The average molecular weight is 271 g/mol. The van der Waals surface area contributed by atoms with Crippen molar-refractivity contribution in [3.63, 3.8) is 0 Å². The molecular formula is C12H9Cl2FN2. The van der Waals surface area contributed by atoms with Crippen LogP contribution in [0.3, 0.4) is 0 Å². The number of benzene rings is 1. The molecule has 0 spiro atoms. The molecule has 0 saturated heterocycles. The third-order valence-electron chi connectivity index (χ3n) is 2.24. The predicted molar refractivity (Wildman–Crippen MR) is 68.0 cm³/mol. The molecule has 0 aliphatic carbocycles. The van der Waals surface area contributed by atoms with Crippen LogP contribution in [0.5, 0.6) is 0 Å². The normalized spacial score (nSPS) is 10.3. The van der Waals surface area contributed by atoms with Gasteiger partial charge in [-0.25, -0.2) is 9.37 Å². The van der Waals surface area contributed by atoms with Gasteiger partial charge in [0.25, 0.3) is 0 Å². The number of rotatable bonds is 3. The Morgan fingerprint density at radius 1 is 1.24 bits per heavy atom. The zero-order valence-electron chi connectivity index (χ0n) is 8.75. The zero-order chi connectivity index (χ0) is 12.3. The van der Waals surface area contributed by atoms with Crippen LogP contribution in [0.15, 0.2) is 36.5 Å². The summed E-state index contributed by atoms with van der Waals surface area (Å²) in [4.78, 5) is 3.94. The van der Waals surface area contributed by atoms with Crippen molar-refractivity contribution in [3.8, 4) is 0 Å². The maximum Gasteiger partial charge on any atom is 0.152 e. The van der Waals surface area contributed by atoms with Crippen molar-refractivity contribution < 1.29 is 4.39 Å². The molecule has 1 aromatic carbocycles. The molecule has 0 saturated carbocycles. The summed E-state index contributed by atoms with van der Waals surface area (Å²) >= 11 is 11.8. The fourth-order valence-electron chi connectivity index (χ4n) is 1.37. The summed E-state index contributed by atoms with van der Waals surface area (Å²) in [6.07, 6.45) is 1.61. The third-order valence-corrected chi connectivity index (χ3v) is 2.90. The van der Waals surface area contributed by atoms with Crippen LogP contribution in [0.1, 0.15) is 5.56 Å². The topological polar surface area (TPSA) is 24.9 Å². The van der Waals surface area contributed by atoms with E-state index in [2.05, 4.69) is 10.3 Å². The summed E-state index contributed by atoms with van der Waals surface area (Å²) in [5.74, 6) is -0.349. The summed E-state index contributed by atoms with van der Waals surface area (Å²) in [6.45, 7) is 0.463. The van der Waals surface area contributed by atoms with E-state index in [4.69, 9.17) is 23.2 Å². The Bertz CT molecular complexity index is 532. The van der Waals surface area contributed by atoms with Gasteiger partial charge in [-0.05, 0) is 29.8 Å². The first-order valence-corrected chi connectivity index (χ1v) is 5.71. The Morgan fingerprint density at radius 2 is 2.06 bits per heavy atom. The van der Waals surface area contributed by atoms with Gasteiger partial charge in [-0.1, -0.05) is 29.3 Å². The van der Waals surface area contributed by atoms with Crippen LogP contribution in [0.25, 0.3) is 0 Å². The smallest absolute Gasteiger partial charge is 0.152 e. The molecule has 0 amide bonds. The van der Waals surface area contributed by atoms with E-state index in [9.17, 15) is 4.39 Å². The van der Waals surface area contributed by atoms with E-state index in [0.717, 1.165) is 11.3 Å². The van der Waals surface area contributed by atoms with E-state index in [0.29, 0.717) is 16.7 Å². The zero-order valence-corrected chi connectivity index (χ0v) is 10.3. The SMILES string of the molecule is Fc1ccc(CNc2cccnc2Cl)c(Cl)c1. The molecular weight excluding hydrogens is 262 g/mol. The standard InChI is InChI=1S/C12H9Cl2FN2/c13-10-6-9(15)4-3-8(10)7-17-11-2-1-5-16-12(11)14/h1-6,17H,7H2. The minimum absolute atomic E-state index is 0.349. The molecule has 0 aliphatic heterocycles. The van der Waals surface area contributed by atoms with Gasteiger partial charge in [0, 0.05) is 17.8 Å². The highest BCUT2D eigenvalue weighted by Gasteiger charge is 2.03. The van der Waals surface area contributed by atoms with Gasteiger partial charge >= 0.3 is 0 Å². The lowest BCUT2D eigenvalue weighted by molar-refractivity contribution is 0.627. The maximum atomic E-state index is 12.8. The Morgan fingerprint density at radius 3 is 2.76 bits per heavy atom. The second-order valence-electron chi connectivity index (χ2n) is 3.43. The number of anilines is 1. The van der Waals surface area contributed by atoms with Crippen LogP contribution in [0.2, 0.25) is 10.2 Å². The Labute approximate surface area is 108 Å². The number of nitrogens with zero attached hydrogens (tertiary/aromatic N) is 1. The molecule has 88 valence electrons. The predicted octanol–water partition coefficient (Wildman–Crippen LogP) is 4.14. The maximum absolute atomic E-state index is 12.8. The molecule has 5 heteroatoms. The molecule has 0 fully saturated rings. The molecule has 1 heterocycles. The van der Waals surface area contributed by atoms with Gasteiger partial charge in [0.2, 0.25) is 0 Å². The highest BCUT2D eigenvalue weighted by molar-refractivity contribution is 6.32. The van der Waals surface area contributed by atoms with E-state index in [1.807, 2.05) is 6.07 Å². The van der Waals surface area contributed by atoms with Crippen molar-refractivity contribution in [1.82, 2.24) is 4.98 Å². The molecule has 0 radical (unpaired) electrons. The summed E-state index contributed by atoms with van der Waals surface area (Å²) in [6, 6.07) is 7.87. The number of hydrogen-bond donors (Lipinski definition) is 1. The van der Waals surface area contributed by atoms with Gasteiger partial charge in [-0.3, -0.25) is 0 Å². The van der Waals surface area contributed by atoms with Gasteiger partial charge < -0.3 is 5.32 Å². The van der Waals surface area contributed by atoms with E-state index < -0.39 is 0 Å². The molecule has 0 atom stereocenters. The first kappa shape index (κ1) is 12.1. The van der Waals surface area contributed by atoms with E-state index in [1.165, 1.54) is 12.1 Å². The number of halogens is 3. The number of aromatic nitrogens is 1. The summed E-state index contributed by atoms with van der Waals surface area (Å²) in [5.41, 5.74) is 1.52. The van der Waals surface area contributed by atoms with Gasteiger partial charge in [-0.2, -0.15) is 0 Å². The van der Waals surface area contributed by atoms with Gasteiger partial charge in [-0.15, -0.1) is 0 Å². The van der Waals surface area contributed by atoms with Crippen LogP contribution < -0.4 is 5.32 Å². The Hall–Kier alpha value is -1.32. The number of nitrogens with one attached hydrogen (secondary N) is 1. The Balaban J connectivity index is 2.10. The van der Waals surface area contributed by atoms with Crippen molar-refractivity contribution in [3.05, 3.63) is 58.1 Å². The monoisotopic (exact) mass is 270 g/mol. The molecule has 17 heavy (non-hydrogen) atoms. The van der Waals surface area contributed by atoms with Crippen LogP contribution in [-0.2, 0) is 6.54 Å². The summed E-state index contributed by atoms with van der Waals surface area (Å²) < 4.78 is 12.8. The van der Waals surface area contributed by atoms with Crippen molar-refractivity contribution in [2.75, 3.05) is 5.32 Å². The number of pyridine rings is 1. The van der Waals surface area contributed by atoms with Crippen LogP contribution in [0, 0.1) is 5.82 Å². The fraction of sp³-hybridized carbons (Fsp3) is 0.0833. The highest BCUT2D eigenvalue weighted by atomic mass is 35.5. The first-order chi connectivity index (χ1) is 8.16. The molecule has 0 bridgehead atoms.